The number of carbonyl (C=O) groups is 1. The predicted octanol–water partition coefficient (Wildman–Crippen LogP) is 4.56. The molecule has 1 aliphatic heterocycles. The first-order chi connectivity index (χ1) is 13.8. The fourth-order valence-corrected chi connectivity index (χ4v) is 4.30. The zero-order valence-electron chi connectivity index (χ0n) is 16.4. The summed E-state index contributed by atoms with van der Waals surface area (Å²) < 4.78 is 0. The largest absolute Gasteiger partial charge is 0.322 e. The molecule has 2 aromatic rings. The Morgan fingerprint density at radius 3 is 1.89 bits per heavy atom. The number of urea groups is 1. The van der Waals surface area contributed by atoms with Crippen LogP contribution in [0.1, 0.15) is 42.9 Å². The van der Waals surface area contributed by atoms with Gasteiger partial charge in [-0.25, -0.2) is 4.79 Å². The molecule has 2 aliphatic rings. The lowest BCUT2D eigenvalue weighted by molar-refractivity contribution is 0.122. The molecule has 2 amide bonds. The van der Waals surface area contributed by atoms with E-state index in [0.717, 1.165) is 39.0 Å². The van der Waals surface area contributed by atoms with Gasteiger partial charge in [-0.2, -0.15) is 0 Å². The second kappa shape index (κ2) is 9.07. The molecule has 0 atom stereocenters. The lowest BCUT2D eigenvalue weighted by atomic mass is 9.96. The normalized spacial score (nSPS) is 17.8. The molecular weight excluding hydrogens is 346 g/mol. The molecule has 1 aliphatic carbocycles. The van der Waals surface area contributed by atoms with Crippen molar-refractivity contribution in [3.05, 3.63) is 83.6 Å². The molecule has 0 aromatic heterocycles. The van der Waals surface area contributed by atoms with Crippen molar-refractivity contribution in [2.75, 3.05) is 26.2 Å². The summed E-state index contributed by atoms with van der Waals surface area (Å²) >= 11 is 0. The van der Waals surface area contributed by atoms with E-state index in [1.807, 2.05) is 11.1 Å². The van der Waals surface area contributed by atoms with E-state index < -0.39 is 0 Å². The van der Waals surface area contributed by atoms with Gasteiger partial charge in [-0.1, -0.05) is 66.2 Å². The van der Waals surface area contributed by atoms with Crippen molar-refractivity contribution >= 4 is 6.03 Å². The molecule has 4 rings (SSSR count). The van der Waals surface area contributed by atoms with Crippen LogP contribution in [0, 0.1) is 0 Å². The third kappa shape index (κ3) is 4.45. The Kier molecular flexibility index (Phi) is 6.07. The quantitative estimate of drug-likeness (QED) is 0.850. The summed E-state index contributed by atoms with van der Waals surface area (Å²) in [6.07, 6.45) is 6.70. The van der Waals surface area contributed by atoms with Crippen LogP contribution < -0.4 is 5.32 Å². The van der Waals surface area contributed by atoms with E-state index in [1.54, 1.807) is 0 Å². The lowest BCUT2D eigenvalue weighted by Gasteiger charge is -2.39. The summed E-state index contributed by atoms with van der Waals surface area (Å²) in [6.45, 7) is 3.26. The number of piperazine rings is 1. The number of hydrogen-bond donors (Lipinski definition) is 1. The van der Waals surface area contributed by atoms with Gasteiger partial charge < -0.3 is 10.2 Å². The lowest BCUT2D eigenvalue weighted by Crippen LogP contribution is -2.51. The van der Waals surface area contributed by atoms with Gasteiger partial charge in [0, 0.05) is 32.4 Å². The summed E-state index contributed by atoms with van der Waals surface area (Å²) in [4.78, 5) is 17.0. The zero-order chi connectivity index (χ0) is 19.2. The number of carbonyl (C=O) groups excluding carboxylic acids is 1. The van der Waals surface area contributed by atoms with E-state index in [4.69, 9.17) is 0 Å². The van der Waals surface area contributed by atoms with Crippen LogP contribution in [-0.2, 0) is 0 Å². The summed E-state index contributed by atoms with van der Waals surface area (Å²) in [6, 6.07) is 21.6. The van der Waals surface area contributed by atoms with Crippen LogP contribution in [0.5, 0.6) is 0 Å². The highest BCUT2D eigenvalue weighted by Gasteiger charge is 2.27. The maximum Gasteiger partial charge on any atom is 0.321 e. The highest BCUT2D eigenvalue weighted by atomic mass is 16.2. The van der Waals surface area contributed by atoms with E-state index in [2.05, 4.69) is 70.9 Å². The van der Waals surface area contributed by atoms with E-state index >= 15 is 0 Å². The van der Waals surface area contributed by atoms with Crippen LogP contribution in [0.15, 0.2) is 72.4 Å². The third-order valence-corrected chi connectivity index (χ3v) is 5.84. The van der Waals surface area contributed by atoms with Gasteiger partial charge in [-0.05, 0) is 36.8 Å². The van der Waals surface area contributed by atoms with Crippen molar-refractivity contribution in [1.82, 2.24) is 15.1 Å². The van der Waals surface area contributed by atoms with Crippen LogP contribution in [0.25, 0.3) is 0 Å². The van der Waals surface area contributed by atoms with Crippen LogP contribution in [-0.4, -0.2) is 42.0 Å². The van der Waals surface area contributed by atoms with Gasteiger partial charge in [-0.15, -0.1) is 0 Å². The number of nitrogens with zero attached hydrogens (tertiary/aromatic N) is 2. The van der Waals surface area contributed by atoms with Gasteiger partial charge in [0.05, 0.1) is 6.04 Å². The van der Waals surface area contributed by atoms with Crippen LogP contribution in [0.4, 0.5) is 4.79 Å². The smallest absolute Gasteiger partial charge is 0.321 e. The Bertz CT molecular complexity index is 748. The Hall–Kier alpha value is -2.59. The van der Waals surface area contributed by atoms with Gasteiger partial charge >= 0.3 is 6.03 Å². The van der Waals surface area contributed by atoms with Crippen molar-refractivity contribution in [1.29, 1.82) is 0 Å². The maximum atomic E-state index is 12.5. The minimum atomic E-state index is 0.0371. The molecule has 0 spiro atoms. The van der Waals surface area contributed by atoms with Crippen LogP contribution in [0.2, 0.25) is 0 Å². The van der Waals surface area contributed by atoms with Crippen molar-refractivity contribution in [2.45, 2.75) is 31.7 Å². The number of nitrogens with one attached hydrogen (secondary N) is 1. The second-order valence-corrected chi connectivity index (χ2v) is 7.71. The number of rotatable bonds is 4. The van der Waals surface area contributed by atoms with Crippen molar-refractivity contribution in [2.24, 2.45) is 0 Å². The van der Waals surface area contributed by atoms with E-state index in [-0.39, 0.29) is 12.1 Å². The summed E-state index contributed by atoms with van der Waals surface area (Å²) in [5.74, 6) is 0. The number of hydrogen-bond acceptors (Lipinski definition) is 2. The zero-order valence-corrected chi connectivity index (χ0v) is 16.4. The minimum Gasteiger partial charge on any atom is -0.322 e. The number of benzene rings is 2. The first-order valence-electron chi connectivity index (χ1n) is 10.4. The molecule has 4 heteroatoms. The first kappa shape index (κ1) is 18.8. The van der Waals surface area contributed by atoms with Crippen LogP contribution in [0.3, 0.4) is 0 Å². The second-order valence-electron chi connectivity index (χ2n) is 7.71. The van der Waals surface area contributed by atoms with Crippen LogP contribution >= 0.6 is 0 Å². The molecule has 0 bridgehead atoms. The summed E-state index contributed by atoms with van der Waals surface area (Å²) in [5, 5.41) is 3.01. The Balaban J connectivity index is 1.42. The highest BCUT2D eigenvalue weighted by Crippen LogP contribution is 2.29. The van der Waals surface area contributed by atoms with Gasteiger partial charge in [0.15, 0.2) is 0 Å². The monoisotopic (exact) mass is 375 g/mol. The fraction of sp³-hybridized carbons (Fsp3) is 0.375. The van der Waals surface area contributed by atoms with Crippen molar-refractivity contribution < 1.29 is 4.79 Å². The Morgan fingerprint density at radius 2 is 1.36 bits per heavy atom. The molecule has 4 nitrogen and oxygen atoms in total. The average molecular weight is 376 g/mol. The van der Waals surface area contributed by atoms with Gasteiger partial charge in [0.1, 0.15) is 0 Å². The highest BCUT2D eigenvalue weighted by molar-refractivity contribution is 5.75. The van der Waals surface area contributed by atoms with E-state index in [0.29, 0.717) is 0 Å². The molecule has 1 saturated heterocycles. The topological polar surface area (TPSA) is 35.6 Å². The fourth-order valence-electron chi connectivity index (χ4n) is 4.30. The van der Waals surface area contributed by atoms with Gasteiger partial charge in [0.2, 0.25) is 0 Å². The Labute approximate surface area is 167 Å². The minimum absolute atomic E-state index is 0.0371. The molecule has 2 aromatic carbocycles. The van der Waals surface area contributed by atoms with Crippen molar-refractivity contribution in [3.8, 4) is 0 Å². The van der Waals surface area contributed by atoms with Gasteiger partial charge in [0.25, 0.3) is 0 Å². The summed E-state index contributed by atoms with van der Waals surface area (Å²) in [5.41, 5.74) is 3.98. The molecule has 1 saturated carbocycles. The van der Waals surface area contributed by atoms with Gasteiger partial charge in [-0.3, -0.25) is 4.90 Å². The SMILES string of the molecule is O=C(NC=C1CCCC1)N1CCN(C(c2ccccc2)c2ccccc2)CC1. The summed E-state index contributed by atoms with van der Waals surface area (Å²) in [7, 11) is 0. The molecule has 2 fully saturated rings. The number of amides is 2. The molecule has 0 radical (unpaired) electrons. The standard InChI is InChI=1S/C24H29N3O/c28-24(25-19-20-9-7-8-10-20)27-17-15-26(16-18-27)23(21-11-3-1-4-12-21)22-13-5-2-6-14-22/h1-6,11-14,19,23H,7-10,15-18H2,(H,25,28). The number of allylic oxidation sites excluding steroid dienone is 1. The average Bonchev–Trinajstić information content (AvgIpc) is 3.28. The molecule has 28 heavy (non-hydrogen) atoms. The maximum absolute atomic E-state index is 12.5. The Morgan fingerprint density at radius 1 is 0.821 bits per heavy atom. The van der Waals surface area contributed by atoms with E-state index in [1.165, 1.54) is 29.5 Å². The van der Waals surface area contributed by atoms with Crippen molar-refractivity contribution in [3.63, 3.8) is 0 Å². The molecule has 1 heterocycles. The third-order valence-electron chi connectivity index (χ3n) is 5.84. The molecule has 1 N–H and O–H groups in total. The molecular formula is C24H29N3O. The predicted molar refractivity (Wildman–Crippen MR) is 113 cm³/mol. The molecule has 146 valence electrons. The first-order valence-corrected chi connectivity index (χ1v) is 10.4. The van der Waals surface area contributed by atoms with E-state index in [9.17, 15) is 4.79 Å². The molecule has 0 unspecified atom stereocenters.